The van der Waals surface area contributed by atoms with Crippen LogP contribution in [-0.4, -0.2) is 36.7 Å². The standard InChI is InChI=1S/C9H19FN2.ClH/c1-7(2)5-12-6-8(10)3-9(12)4-11;/h7-9H,3-6,11H2,1-2H3;1H/t8-,9-;/m0./s1. The van der Waals surface area contributed by atoms with Crippen molar-refractivity contribution < 1.29 is 4.39 Å². The molecule has 2 N–H and O–H groups in total. The Morgan fingerprint density at radius 3 is 2.62 bits per heavy atom. The van der Waals surface area contributed by atoms with Crippen molar-refractivity contribution in [3.63, 3.8) is 0 Å². The van der Waals surface area contributed by atoms with Gasteiger partial charge in [0.1, 0.15) is 6.17 Å². The van der Waals surface area contributed by atoms with E-state index in [0.29, 0.717) is 25.4 Å². The maximum absolute atomic E-state index is 13.0. The molecule has 13 heavy (non-hydrogen) atoms. The molecule has 1 heterocycles. The van der Waals surface area contributed by atoms with E-state index >= 15 is 0 Å². The van der Waals surface area contributed by atoms with E-state index in [1.807, 2.05) is 0 Å². The molecule has 2 nitrogen and oxygen atoms in total. The monoisotopic (exact) mass is 210 g/mol. The second-order valence-electron chi connectivity index (χ2n) is 4.07. The first-order valence-corrected chi connectivity index (χ1v) is 4.71. The molecule has 0 radical (unpaired) electrons. The highest BCUT2D eigenvalue weighted by atomic mass is 35.5. The zero-order valence-corrected chi connectivity index (χ0v) is 9.19. The largest absolute Gasteiger partial charge is 0.329 e. The van der Waals surface area contributed by atoms with Crippen molar-refractivity contribution >= 4 is 12.4 Å². The van der Waals surface area contributed by atoms with Crippen LogP contribution in [0.4, 0.5) is 4.39 Å². The molecule has 1 saturated heterocycles. The first kappa shape index (κ1) is 13.1. The molecule has 80 valence electrons. The summed E-state index contributed by atoms with van der Waals surface area (Å²) >= 11 is 0. The van der Waals surface area contributed by atoms with Crippen molar-refractivity contribution in [2.24, 2.45) is 11.7 Å². The van der Waals surface area contributed by atoms with Gasteiger partial charge in [-0.1, -0.05) is 13.8 Å². The maximum Gasteiger partial charge on any atom is 0.114 e. The molecule has 4 heteroatoms. The molecule has 0 spiro atoms. The van der Waals surface area contributed by atoms with E-state index in [1.54, 1.807) is 0 Å². The van der Waals surface area contributed by atoms with E-state index in [2.05, 4.69) is 18.7 Å². The molecular formula is C9H20ClFN2. The number of nitrogens with two attached hydrogens (primary N) is 1. The Hall–Kier alpha value is 0.140. The van der Waals surface area contributed by atoms with Gasteiger partial charge in [0.05, 0.1) is 0 Å². The van der Waals surface area contributed by atoms with Gasteiger partial charge in [-0.05, 0) is 12.3 Å². The number of nitrogens with zero attached hydrogens (tertiary/aromatic N) is 1. The average molecular weight is 211 g/mol. The lowest BCUT2D eigenvalue weighted by atomic mass is 10.2. The number of halogens is 2. The number of likely N-dealkylation sites (tertiary alicyclic amines) is 1. The fourth-order valence-electron chi connectivity index (χ4n) is 1.86. The van der Waals surface area contributed by atoms with Gasteiger partial charge in [0, 0.05) is 25.7 Å². The van der Waals surface area contributed by atoms with Gasteiger partial charge in [0.25, 0.3) is 0 Å². The van der Waals surface area contributed by atoms with Crippen LogP contribution >= 0.6 is 12.4 Å². The van der Waals surface area contributed by atoms with Gasteiger partial charge in [0.15, 0.2) is 0 Å². The summed E-state index contributed by atoms with van der Waals surface area (Å²) in [6, 6.07) is 0.280. The van der Waals surface area contributed by atoms with Gasteiger partial charge in [-0.15, -0.1) is 12.4 Å². The Balaban J connectivity index is 0.00000144. The predicted octanol–water partition coefficient (Wildman–Crippen LogP) is 1.44. The molecule has 0 aliphatic carbocycles. The number of hydrogen-bond donors (Lipinski definition) is 1. The van der Waals surface area contributed by atoms with Gasteiger partial charge in [-0.3, -0.25) is 4.90 Å². The molecule has 0 aromatic rings. The first-order chi connectivity index (χ1) is 5.63. The normalized spacial score (nSPS) is 29.3. The Morgan fingerprint density at radius 2 is 2.15 bits per heavy atom. The predicted molar refractivity (Wildman–Crippen MR) is 56.0 cm³/mol. The van der Waals surface area contributed by atoms with Crippen molar-refractivity contribution in [1.29, 1.82) is 0 Å². The van der Waals surface area contributed by atoms with Gasteiger partial charge in [-0.25, -0.2) is 4.39 Å². The van der Waals surface area contributed by atoms with Crippen molar-refractivity contribution in [2.75, 3.05) is 19.6 Å². The summed E-state index contributed by atoms with van der Waals surface area (Å²) in [5, 5.41) is 0. The second-order valence-corrected chi connectivity index (χ2v) is 4.07. The van der Waals surface area contributed by atoms with Gasteiger partial charge in [-0.2, -0.15) is 0 Å². The van der Waals surface area contributed by atoms with E-state index in [1.165, 1.54) is 0 Å². The summed E-state index contributed by atoms with van der Waals surface area (Å²) in [7, 11) is 0. The summed E-state index contributed by atoms with van der Waals surface area (Å²) in [5.74, 6) is 0.601. The fraction of sp³-hybridized carbons (Fsp3) is 1.00. The van der Waals surface area contributed by atoms with Crippen LogP contribution in [0.15, 0.2) is 0 Å². The van der Waals surface area contributed by atoms with Crippen LogP contribution in [0, 0.1) is 5.92 Å². The Bertz CT molecular complexity index is 144. The van der Waals surface area contributed by atoms with Gasteiger partial charge < -0.3 is 5.73 Å². The fourth-order valence-corrected chi connectivity index (χ4v) is 1.86. The molecule has 0 aromatic carbocycles. The highest BCUT2D eigenvalue weighted by Crippen LogP contribution is 2.20. The molecule has 1 aliphatic rings. The quantitative estimate of drug-likeness (QED) is 0.764. The first-order valence-electron chi connectivity index (χ1n) is 4.71. The third-order valence-corrected chi connectivity index (χ3v) is 2.35. The molecule has 0 aromatic heterocycles. The lowest BCUT2D eigenvalue weighted by Crippen LogP contribution is -2.37. The van der Waals surface area contributed by atoms with Crippen LogP contribution in [0.3, 0.4) is 0 Å². The topological polar surface area (TPSA) is 29.3 Å². The summed E-state index contributed by atoms with van der Waals surface area (Å²) in [6.07, 6.45) is -0.0271. The van der Waals surface area contributed by atoms with Gasteiger partial charge in [0.2, 0.25) is 0 Å². The molecule has 0 saturated carbocycles. The third-order valence-electron chi connectivity index (χ3n) is 2.35. The van der Waals surface area contributed by atoms with Gasteiger partial charge >= 0.3 is 0 Å². The minimum atomic E-state index is -0.655. The molecule has 1 fully saturated rings. The van der Waals surface area contributed by atoms with Crippen molar-refractivity contribution in [2.45, 2.75) is 32.5 Å². The number of hydrogen-bond acceptors (Lipinski definition) is 2. The number of rotatable bonds is 3. The molecule has 2 atom stereocenters. The summed E-state index contributed by atoms with van der Waals surface area (Å²) in [6.45, 7) is 6.45. The van der Waals surface area contributed by atoms with Crippen LogP contribution in [0.2, 0.25) is 0 Å². The highest BCUT2D eigenvalue weighted by molar-refractivity contribution is 5.85. The average Bonchev–Trinajstić information content (AvgIpc) is 2.29. The lowest BCUT2D eigenvalue weighted by molar-refractivity contribution is 0.221. The van der Waals surface area contributed by atoms with E-state index in [0.717, 1.165) is 6.54 Å². The van der Waals surface area contributed by atoms with Crippen molar-refractivity contribution in [3.05, 3.63) is 0 Å². The molecule has 1 rings (SSSR count). The van der Waals surface area contributed by atoms with E-state index in [4.69, 9.17) is 5.73 Å². The zero-order valence-electron chi connectivity index (χ0n) is 8.37. The van der Waals surface area contributed by atoms with E-state index in [-0.39, 0.29) is 18.4 Å². The minimum absolute atomic E-state index is 0. The molecule has 0 bridgehead atoms. The Morgan fingerprint density at radius 1 is 1.54 bits per heavy atom. The lowest BCUT2D eigenvalue weighted by Gasteiger charge is -2.24. The maximum atomic E-state index is 13.0. The summed E-state index contributed by atoms with van der Waals surface area (Å²) in [4.78, 5) is 2.18. The van der Waals surface area contributed by atoms with Crippen LogP contribution in [0.1, 0.15) is 20.3 Å². The number of alkyl halides is 1. The minimum Gasteiger partial charge on any atom is -0.329 e. The summed E-state index contributed by atoms with van der Waals surface area (Å²) in [5.41, 5.74) is 5.55. The second kappa shape index (κ2) is 5.78. The summed E-state index contributed by atoms with van der Waals surface area (Å²) < 4.78 is 13.0. The van der Waals surface area contributed by atoms with Crippen LogP contribution in [0.5, 0.6) is 0 Å². The van der Waals surface area contributed by atoms with Crippen LogP contribution in [0.25, 0.3) is 0 Å². The zero-order chi connectivity index (χ0) is 9.14. The van der Waals surface area contributed by atoms with Crippen molar-refractivity contribution in [3.8, 4) is 0 Å². The van der Waals surface area contributed by atoms with Crippen LogP contribution in [-0.2, 0) is 0 Å². The SMILES string of the molecule is CC(C)CN1C[C@@H](F)C[C@H]1CN.Cl. The third kappa shape index (κ3) is 3.79. The molecule has 1 aliphatic heterocycles. The highest BCUT2D eigenvalue weighted by Gasteiger charge is 2.30. The van der Waals surface area contributed by atoms with E-state index < -0.39 is 6.17 Å². The Kier molecular flexibility index (Phi) is 5.85. The Labute approximate surface area is 86.1 Å². The van der Waals surface area contributed by atoms with Crippen LogP contribution < -0.4 is 5.73 Å². The smallest absolute Gasteiger partial charge is 0.114 e. The van der Waals surface area contributed by atoms with E-state index in [9.17, 15) is 4.39 Å². The molecule has 0 unspecified atom stereocenters. The molecular weight excluding hydrogens is 191 g/mol. The van der Waals surface area contributed by atoms with Crippen molar-refractivity contribution in [1.82, 2.24) is 4.90 Å². The molecule has 0 amide bonds.